The molecule has 0 radical (unpaired) electrons. The van der Waals surface area contributed by atoms with Gasteiger partial charge in [-0.15, -0.1) is 0 Å². The molecule has 0 aromatic heterocycles. The second-order valence-electron chi connectivity index (χ2n) is 3.86. The van der Waals surface area contributed by atoms with Crippen molar-refractivity contribution in [3.05, 3.63) is 35.1 Å². The van der Waals surface area contributed by atoms with Gasteiger partial charge in [0, 0.05) is 25.2 Å². The monoisotopic (exact) mass is 236 g/mol. The highest BCUT2D eigenvalue weighted by Gasteiger charge is 2.23. The number of primary amides is 1. The van der Waals surface area contributed by atoms with Crippen molar-refractivity contribution in [2.24, 2.45) is 5.73 Å². The fraction of sp³-hybridized carbons (Fsp3) is 0.273. The van der Waals surface area contributed by atoms with E-state index in [9.17, 15) is 9.18 Å². The molecule has 1 aliphatic heterocycles. The number of urea groups is 1. The molecular formula is C11H13FN4O. The largest absolute Gasteiger partial charge is 0.352 e. The van der Waals surface area contributed by atoms with Crippen LogP contribution in [0, 0.1) is 11.2 Å². The number of amidine groups is 1. The number of nitrogens with two attached hydrogens (primary N) is 1. The lowest BCUT2D eigenvalue weighted by Gasteiger charge is -2.17. The number of fused-ring (bicyclic) bond motifs is 1. The molecule has 1 aromatic carbocycles. The number of nitrogens with one attached hydrogen (secondary N) is 2. The molecule has 0 spiro atoms. The van der Waals surface area contributed by atoms with Crippen LogP contribution in [0.2, 0.25) is 0 Å². The Morgan fingerprint density at radius 3 is 3.06 bits per heavy atom. The predicted molar refractivity (Wildman–Crippen MR) is 61.2 cm³/mol. The third kappa shape index (κ3) is 2.35. The smallest absolute Gasteiger partial charge is 0.312 e. The van der Waals surface area contributed by atoms with Gasteiger partial charge in [0.15, 0.2) is 0 Å². The van der Waals surface area contributed by atoms with Crippen LogP contribution in [0.3, 0.4) is 0 Å². The first-order valence-electron chi connectivity index (χ1n) is 5.23. The Bertz CT molecular complexity index is 475. The molecule has 0 saturated carbocycles. The van der Waals surface area contributed by atoms with Crippen LogP contribution >= 0.6 is 0 Å². The normalized spacial score (nSPS) is 13.7. The van der Waals surface area contributed by atoms with E-state index in [2.05, 4.69) is 5.32 Å². The van der Waals surface area contributed by atoms with E-state index in [1.54, 1.807) is 11.0 Å². The molecule has 0 aliphatic carbocycles. The fourth-order valence-electron chi connectivity index (χ4n) is 1.87. The van der Waals surface area contributed by atoms with Crippen LogP contribution in [0.4, 0.5) is 9.18 Å². The van der Waals surface area contributed by atoms with E-state index < -0.39 is 6.03 Å². The Balaban J connectivity index is 2.02. The molecule has 6 heteroatoms. The van der Waals surface area contributed by atoms with Gasteiger partial charge in [0.2, 0.25) is 0 Å². The number of rotatable bonds is 3. The number of carbonyl (C=O) groups is 1. The molecule has 0 fully saturated rings. The first-order valence-corrected chi connectivity index (χ1v) is 5.23. The van der Waals surface area contributed by atoms with Crippen LogP contribution in [-0.4, -0.2) is 29.9 Å². The predicted octanol–water partition coefficient (Wildman–Crippen LogP) is 0.635. The SMILES string of the molecule is N=C1c2cc(F)ccc2CN1CCNC(N)=O. The number of carbonyl (C=O) groups excluding carboxylic acids is 1. The molecule has 90 valence electrons. The first-order chi connectivity index (χ1) is 8.08. The zero-order valence-corrected chi connectivity index (χ0v) is 9.16. The van der Waals surface area contributed by atoms with E-state index in [-0.39, 0.29) is 11.7 Å². The van der Waals surface area contributed by atoms with Crippen molar-refractivity contribution in [2.45, 2.75) is 6.54 Å². The third-order valence-electron chi connectivity index (χ3n) is 2.69. The summed E-state index contributed by atoms with van der Waals surface area (Å²) in [5.41, 5.74) is 6.49. The summed E-state index contributed by atoms with van der Waals surface area (Å²) in [5, 5.41) is 10.3. The molecule has 0 unspecified atom stereocenters. The second kappa shape index (κ2) is 4.40. The van der Waals surface area contributed by atoms with Gasteiger partial charge in [-0.2, -0.15) is 0 Å². The van der Waals surface area contributed by atoms with E-state index in [0.29, 0.717) is 25.2 Å². The van der Waals surface area contributed by atoms with Gasteiger partial charge in [0.25, 0.3) is 0 Å². The van der Waals surface area contributed by atoms with Crippen molar-refractivity contribution >= 4 is 11.9 Å². The van der Waals surface area contributed by atoms with E-state index in [1.165, 1.54) is 12.1 Å². The highest BCUT2D eigenvalue weighted by atomic mass is 19.1. The minimum absolute atomic E-state index is 0.283. The third-order valence-corrected chi connectivity index (χ3v) is 2.69. The Hall–Kier alpha value is -2.11. The van der Waals surface area contributed by atoms with Crippen molar-refractivity contribution < 1.29 is 9.18 Å². The summed E-state index contributed by atoms with van der Waals surface area (Å²) < 4.78 is 13.0. The number of amides is 2. The molecule has 5 nitrogen and oxygen atoms in total. The number of hydrogen-bond donors (Lipinski definition) is 3. The van der Waals surface area contributed by atoms with Gasteiger partial charge in [-0.1, -0.05) is 6.07 Å². The minimum atomic E-state index is -0.584. The average Bonchev–Trinajstić information content (AvgIpc) is 2.56. The van der Waals surface area contributed by atoms with E-state index in [4.69, 9.17) is 11.1 Å². The molecule has 0 atom stereocenters. The number of benzene rings is 1. The highest BCUT2D eigenvalue weighted by Crippen LogP contribution is 2.22. The van der Waals surface area contributed by atoms with E-state index >= 15 is 0 Å². The van der Waals surface area contributed by atoms with Crippen LogP contribution in [0.15, 0.2) is 18.2 Å². The molecule has 2 amide bonds. The number of halogens is 1. The van der Waals surface area contributed by atoms with Crippen LogP contribution in [0.25, 0.3) is 0 Å². The fourth-order valence-corrected chi connectivity index (χ4v) is 1.87. The van der Waals surface area contributed by atoms with Crippen LogP contribution in [-0.2, 0) is 6.54 Å². The number of nitrogens with zero attached hydrogens (tertiary/aromatic N) is 1. The summed E-state index contributed by atoms with van der Waals surface area (Å²) in [6.45, 7) is 1.42. The van der Waals surface area contributed by atoms with Gasteiger partial charge >= 0.3 is 6.03 Å². The van der Waals surface area contributed by atoms with Gasteiger partial charge in [-0.25, -0.2) is 9.18 Å². The molecule has 1 aliphatic rings. The maximum absolute atomic E-state index is 13.0. The molecule has 1 aromatic rings. The maximum atomic E-state index is 13.0. The summed E-state index contributed by atoms with van der Waals surface area (Å²) in [4.78, 5) is 12.3. The lowest BCUT2D eigenvalue weighted by molar-refractivity contribution is 0.248. The van der Waals surface area contributed by atoms with Gasteiger partial charge < -0.3 is 16.0 Å². The summed E-state index contributed by atoms with van der Waals surface area (Å²) in [6, 6.07) is 3.84. The highest BCUT2D eigenvalue weighted by molar-refractivity contribution is 6.00. The van der Waals surface area contributed by atoms with E-state index in [0.717, 1.165) is 5.56 Å². The van der Waals surface area contributed by atoms with Crippen molar-refractivity contribution in [1.29, 1.82) is 5.41 Å². The standard InChI is InChI=1S/C11H13FN4O/c12-8-2-1-7-6-16(4-3-15-11(14)17)10(13)9(7)5-8/h1-2,5,13H,3-4,6H2,(H3,14,15,17). The lowest BCUT2D eigenvalue weighted by Crippen LogP contribution is -2.37. The van der Waals surface area contributed by atoms with Crippen LogP contribution in [0.1, 0.15) is 11.1 Å². The zero-order valence-electron chi connectivity index (χ0n) is 9.16. The van der Waals surface area contributed by atoms with Gasteiger partial charge in [0.05, 0.1) is 0 Å². The first kappa shape index (κ1) is 11.4. The average molecular weight is 236 g/mol. The molecule has 17 heavy (non-hydrogen) atoms. The molecule has 4 N–H and O–H groups in total. The summed E-state index contributed by atoms with van der Waals surface area (Å²) in [7, 11) is 0. The Morgan fingerprint density at radius 1 is 1.59 bits per heavy atom. The minimum Gasteiger partial charge on any atom is -0.352 e. The summed E-state index contributed by atoms with van der Waals surface area (Å²) in [6.07, 6.45) is 0. The summed E-state index contributed by atoms with van der Waals surface area (Å²) >= 11 is 0. The summed E-state index contributed by atoms with van der Waals surface area (Å²) in [5.74, 6) is -0.0589. The van der Waals surface area contributed by atoms with E-state index in [1.807, 2.05) is 0 Å². The molecular weight excluding hydrogens is 223 g/mol. The van der Waals surface area contributed by atoms with Crippen LogP contribution in [0.5, 0.6) is 0 Å². The van der Waals surface area contributed by atoms with Gasteiger partial charge in [0.1, 0.15) is 11.7 Å². The van der Waals surface area contributed by atoms with Crippen molar-refractivity contribution in [1.82, 2.24) is 10.2 Å². The Morgan fingerprint density at radius 2 is 2.35 bits per heavy atom. The number of hydrogen-bond acceptors (Lipinski definition) is 2. The maximum Gasteiger partial charge on any atom is 0.312 e. The molecule has 2 rings (SSSR count). The second-order valence-corrected chi connectivity index (χ2v) is 3.86. The van der Waals surface area contributed by atoms with Crippen molar-refractivity contribution in [2.75, 3.05) is 13.1 Å². The van der Waals surface area contributed by atoms with Crippen molar-refractivity contribution in [3.63, 3.8) is 0 Å². The molecule has 0 bridgehead atoms. The Labute approximate surface area is 97.9 Å². The lowest BCUT2D eigenvalue weighted by atomic mass is 10.1. The van der Waals surface area contributed by atoms with Crippen molar-refractivity contribution in [3.8, 4) is 0 Å². The zero-order chi connectivity index (χ0) is 12.4. The van der Waals surface area contributed by atoms with Gasteiger partial charge in [-0.3, -0.25) is 5.41 Å². The quantitative estimate of drug-likeness (QED) is 0.719. The van der Waals surface area contributed by atoms with Gasteiger partial charge in [-0.05, 0) is 17.7 Å². The molecule has 1 heterocycles. The topological polar surface area (TPSA) is 82.2 Å². The van der Waals surface area contributed by atoms with Crippen LogP contribution < -0.4 is 11.1 Å². The molecule has 0 saturated heterocycles. The Kier molecular flexibility index (Phi) is 2.95.